The van der Waals surface area contributed by atoms with E-state index in [1.165, 1.54) is 17.3 Å². The molecule has 6 nitrogen and oxygen atoms in total. The molecule has 0 saturated heterocycles. The number of amidine groups is 2. The molecule has 1 atom stereocenters. The molecular weight excluding hydrogens is 384 g/mol. The molecule has 7 heteroatoms. The van der Waals surface area contributed by atoms with Gasteiger partial charge in [0.15, 0.2) is 5.17 Å². The highest BCUT2D eigenvalue weighted by molar-refractivity contribution is 8.14. The van der Waals surface area contributed by atoms with Crippen LogP contribution in [0.2, 0.25) is 0 Å². The van der Waals surface area contributed by atoms with Gasteiger partial charge in [0.1, 0.15) is 11.9 Å². The average molecular weight is 407 g/mol. The summed E-state index contributed by atoms with van der Waals surface area (Å²) in [5.74, 6) is 0.937. The van der Waals surface area contributed by atoms with E-state index in [9.17, 15) is 9.59 Å². The van der Waals surface area contributed by atoms with Gasteiger partial charge in [-0.05, 0) is 42.7 Å². The fourth-order valence-corrected chi connectivity index (χ4v) is 4.17. The third kappa shape index (κ3) is 3.82. The molecule has 1 unspecified atom stereocenters. The number of nitrogens with one attached hydrogen (secondary N) is 1. The zero-order chi connectivity index (χ0) is 20.5. The number of thioether (sulfide) groups is 1. The van der Waals surface area contributed by atoms with Crippen LogP contribution in [0.5, 0.6) is 0 Å². The fourth-order valence-electron chi connectivity index (χ4n) is 3.29. The largest absolute Gasteiger partial charge is 0.325 e. The lowest BCUT2D eigenvalue weighted by Gasteiger charge is -2.29. The molecule has 2 aromatic carbocycles. The molecule has 4 rings (SSSR count). The predicted molar refractivity (Wildman–Crippen MR) is 118 cm³/mol. The van der Waals surface area contributed by atoms with Crippen molar-refractivity contribution in [1.29, 1.82) is 0 Å². The van der Waals surface area contributed by atoms with Crippen LogP contribution < -0.4 is 5.32 Å². The van der Waals surface area contributed by atoms with Crippen LogP contribution in [0.3, 0.4) is 0 Å². The Bertz CT molecular complexity index is 1030. The van der Waals surface area contributed by atoms with Gasteiger partial charge in [-0.25, -0.2) is 4.99 Å². The van der Waals surface area contributed by atoms with E-state index in [0.717, 1.165) is 16.9 Å². The molecule has 2 amide bonds. The van der Waals surface area contributed by atoms with Crippen molar-refractivity contribution in [2.75, 3.05) is 11.1 Å². The number of benzene rings is 2. The lowest BCUT2D eigenvalue weighted by Crippen LogP contribution is -2.42. The first-order valence-corrected chi connectivity index (χ1v) is 10.5. The van der Waals surface area contributed by atoms with E-state index < -0.39 is 6.04 Å². The Balaban J connectivity index is 1.47. The Morgan fingerprint density at radius 3 is 2.59 bits per heavy atom. The second kappa shape index (κ2) is 7.83. The SMILES string of the molecule is CC(C)c1ccc(NC(=O)CSC2=Nc3ccccc3C3=NC(=O)C(C)N23)cc1. The number of hydrogen-bond donors (Lipinski definition) is 1. The summed E-state index contributed by atoms with van der Waals surface area (Å²) in [6, 6.07) is 15.1. The van der Waals surface area contributed by atoms with Crippen molar-refractivity contribution >= 4 is 46.0 Å². The summed E-state index contributed by atoms with van der Waals surface area (Å²) in [7, 11) is 0. The van der Waals surface area contributed by atoms with Crippen molar-refractivity contribution < 1.29 is 9.59 Å². The number of aliphatic imine (C=N–C) groups is 2. The van der Waals surface area contributed by atoms with Crippen LogP contribution in [0.4, 0.5) is 11.4 Å². The normalized spacial score (nSPS) is 17.6. The van der Waals surface area contributed by atoms with Crippen molar-refractivity contribution in [3.8, 4) is 0 Å². The summed E-state index contributed by atoms with van der Waals surface area (Å²) in [4.78, 5) is 35.3. The highest BCUT2D eigenvalue weighted by Crippen LogP contribution is 2.33. The highest BCUT2D eigenvalue weighted by Gasteiger charge is 2.39. The van der Waals surface area contributed by atoms with Gasteiger partial charge in [-0.1, -0.05) is 49.9 Å². The van der Waals surface area contributed by atoms with Crippen LogP contribution in [-0.2, 0) is 9.59 Å². The third-order valence-corrected chi connectivity index (χ3v) is 5.90. The van der Waals surface area contributed by atoms with Gasteiger partial charge < -0.3 is 5.32 Å². The molecule has 0 radical (unpaired) electrons. The van der Waals surface area contributed by atoms with Gasteiger partial charge in [-0.15, -0.1) is 0 Å². The molecule has 2 aliphatic heterocycles. The van der Waals surface area contributed by atoms with Crippen molar-refractivity contribution in [1.82, 2.24) is 4.90 Å². The molecule has 29 heavy (non-hydrogen) atoms. The lowest BCUT2D eigenvalue weighted by atomic mass is 10.0. The highest BCUT2D eigenvalue weighted by atomic mass is 32.2. The number of nitrogens with zero attached hydrogens (tertiary/aromatic N) is 3. The molecule has 0 fully saturated rings. The van der Waals surface area contributed by atoms with E-state index in [1.807, 2.05) is 53.4 Å². The number of carbonyl (C=O) groups excluding carboxylic acids is 2. The number of para-hydroxylation sites is 1. The van der Waals surface area contributed by atoms with Crippen LogP contribution in [0.25, 0.3) is 0 Å². The lowest BCUT2D eigenvalue weighted by molar-refractivity contribution is -0.119. The predicted octanol–water partition coefficient (Wildman–Crippen LogP) is 4.16. The van der Waals surface area contributed by atoms with Crippen LogP contribution in [-0.4, -0.2) is 39.5 Å². The van der Waals surface area contributed by atoms with E-state index >= 15 is 0 Å². The number of carbonyl (C=O) groups is 2. The number of fused-ring (bicyclic) bond motifs is 3. The van der Waals surface area contributed by atoms with Crippen LogP contribution >= 0.6 is 11.8 Å². The maximum Gasteiger partial charge on any atom is 0.270 e. The Morgan fingerprint density at radius 1 is 1.14 bits per heavy atom. The maximum atomic E-state index is 12.5. The third-order valence-electron chi connectivity index (χ3n) is 4.95. The molecular formula is C22H22N4O2S. The Kier molecular flexibility index (Phi) is 5.24. The number of rotatable bonds is 4. The first-order valence-electron chi connectivity index (χ1n) is 9.56. The van der Waals surface area contributed by atoms with Gasteiger partial charge in [0.2, 0.25) is 5.91 Å². The molecule has 0 aliphatic carbocycles. The quantitative estimate of drug-likeness (QED) is 0.827. The summed E-state index contributed by atoms with van der Waals surface area (Å²) in [5.41, 5.74) is 3.59. The van der Waals surface area contributed by atoms with Crippen molar-refractivity contribution in [2.45, 2.75) is 32.7 Å². The average Bonchev–Trinajstić information content (AvgIpc) is 3.01. The summed E-state index contributed by atoms with van der Waals surface area (Å²) in [5, 5.41) is 3.53. The molecule has 0 saturated carbocycles. The second-order valence-corrected chi connectivity index (χ2v) is 8.29. The van der Waals surface area contributed by atoms with E-state index in [1.54, 1.807) is 6.92 Å². The topological polar surface area (TPSA) is 74.1 Å². The Labute approximate surface area is 174 Å². The number of hydrogen-bond acceptors (Lipinski definition) is 5. The molecule has 0 aromatic heterocycles. The molecule has 2 aliphatic rings. The van der Waals surface area contributed by atoms with Crippen LogP contribution in [0, 0.1) is 0 Å². The van der Waals surface area contributed by atoms with E-state index in [2.05, 4.69) is 29.1 Å². The first-order chi connectivity index (χ1) is 13.9. The molecule has 2 aromatic rings. The Hall–Kier alpha value is -2.93. The van der Waals surface area contributed by atoms with Gasteiger partial charge in [0.05, 0.1) is 11.4 Å². The maximum absolute atomic E-state index is 12.5. The number of amides is 2. The van der Waals surface area contributed by atoms with Crippen LogP contribution in [0.1, 0.15) is 37.8 Å². The van der Waals surface area contributed by atoms with E-state index in [0.29, 0.717) is 16.9 Å². The fraction of sp³-hybridized carbons (Fsp3) is 0.273. The zero-order valence-electron chi connectivity index (χ0n) is 16.5. The number of anilines is 1. The zero-order valence-corrected chi connectivity index (χ0v) is 17.4. The van der Waals surface area contributed by atoms with Crippen molar-refractivity contribution in [2.24, 2.45) is 9.98 Å². The van der Waals surface area contributed by atoms with E-state index in [4.69, 9.17) is 0 Å². The van der Waals surface area contributed by atoms with Crippen molar-refractivity contribution in [3.63, 3.8) is 0 Å². The monoisotopic (exact) mass is 406 g/mol. The van der Waals surface area contributed by atoms with Gasteiger partial charge in [-0.2, -0.15) is 4.99 Å². The standard InChI is InChI=1S/C22H22N4O2S/c1-13(2)15-8-10-16(11-9-15)23-19(27)12-29-22-24-18-7-5-4-6-17(18)20-25-21(28)14(3)26(20)22/h4-11,13-14H,12H2,1-3H3,(H,23,27). The minimum absolute atomic E-state index is 0.120. The van der Waals surface area contributed by atoms with Crippen molar-refractivity contribution in [3.05, 3.63) is 59.7 Å². The van der Waals surface area contributed by atoms with Gasteiger partial charge in [-0.3, -0.25) is 14.5 Å². The minimum atomic E-state index is -0.420. The minimum Gasteiger partial charge on any atom is -0.325 e. The summed E-state index contributed by atoms with van der Waals surface area (Å²) in [6.07, 6.45) is 0. The summed E-state index contributed by atoms with van der Waals surface area (Å²) >= 11 is 1.31. The molecule has 1 N–H and O–H groups in total. The van der Waals surface area contributed by atoms with Gasteiger partial charge in [0.25, 0.3) is 5.91 Å². The van der Waals surface area contributed by atoms with Crippen LogP contribution in [0.15, 0.2) is 58.5 Å². The second-order valence-electron chi connectivity index (χ2n) is 7.34. The van der Waals surface area contributed by atoms with Gasteiger partial charge in [0, 0.05) is 11.3 Å². The molecule has 0 spiro atoms. The Morgan fingerprint density at radius 2 is 1.86 bits per heavy atom. The molecule has 0 bridgehead atoms. The first kappa shape index (κ1) is 19.4. The summed E-state index contributed by atoms with van der Waals surface area (Å²) < 4.78 is 0. The van der Waals surface area contributed by atoms with E-state index in [-0.39, 0.29) is 17.6 Å². The summed E-state index contributed by atoms with van der Waals surface area (Å²) in [6.45, 7) is 6.07. The van der Waals surface area contributed by atoms with Gasteiger partial charge >= 0.3 is 0 Å². The smallest absolute Gasteiger partial charge is 0.270 e. The molecule has 148 valence electrons. The molecule has 2 heterocycles.